The predicted octanol–water partition coefficient (Wildman–Crippen LogP) is 1.88. The number of halogens is 2. The molecular formula is C14H21F2NO2. The zero-order valence-corrected chi connectivity index (χ0v) is 11.4. The van der Waals surface area contributed by atoms with E-state index in [2.05, 4.69) is 5.32 Å². The quantitative estimate of drug-likeness (QED) is 0.711. The molecule has 0 saturated heterocycles. The number of nitrogens with one attached hydrogen (secondary N) is 1. The van der Waals surface area contributed by atoms with Gasteiger partial charge in [0, 0.05) is 26.1 Å². The van der Waals surface area contributed by atoms with E-state index in [1.54, 1.807) is 14.0 Å². The summed E-state index contributed by atoms with van der Waals surface area (Å²) in [4.78, 5) is 0. The van der Waals surface area contributed by atoms with Crippen LogP contribution in [-0.2, 0) is 11.2 Å². The van der Waals surface area contributed by atoms with Crippen molar-refractivity contribution in [1.29, 1.82) is 0 Å². The largest absolute Gasteiger partial charge is 0.390 e. The lowest BCUT2D eigenvalue weighted by Crippen LogP contribution is -2.33. The van der Waals surface area contributed by atoms with Crippen LogP contribution in [0.2, 0.25) is 0 Å². The minimum absolute atomic E-state index is 0.216. The molecule has 0 aliphatic carbocycles. The summed E-state index contributed by atoms with van der Waals surface area (Å²) in [6, 6.07) is 3.32. The van der Waals surface area contributed by atoms with Crippen molar-refractivity contribution in [3.8, 4) is 0 Å². The van der Waals surface area contributed by atoms with E-state index in [0.29, 0.717) is 31.7 Å². The van der Waals surface area contributed by atoms with Gasteiger partial charge < -0.3 is 15.2 Å². The molecule has 5 heteroatoms. The molecule has 3 nitrogen and oxygen atoms in total. The van der Waals surface area contributed by atoms with Gasteiger partial charge in [-0.2, -0.15) is 0 Å². The van der Waals surface area contributed by atoms with Gasteiger partial charge in [-0.1, -0.05) is 0 Å². The number of aliphatic hydroxyl groups is 1. The molecule has 1 unspecified atom stereocenters. The van der Waals surface area contributed by atoms with Crippen LogP contribution in [0.1, 0.15) is 18.9 Å². The number of hydrogen-bond acceptors (Lipinski definition) is 3. The summed E-state index contributed by atoms with van der Waals surface area (Å²) >= 11 is 0. The SMILES string of the molecule is COCCNCCC(C)(O)Cc1cc(F)cc(F)c1. The van der Waals surface area contributed by atoms with Crippen molar-refractivity contribution in [2.75, 3.05) is 26.8 Å². The van der Waals surface area contributed by atoms with Crippen molar-refractivity contribution in [2.45, 2.75) is 25.4 Å². The smallest absolute Gasteiger partial charge is 0.126 e. The lowest BCUT2D eigenvalue weighted by molar-refractivity contribution is 0.0509. The first kappa shape index (κ1) is 16.0. The summed E-state index contributed by atoms with van der Waals surface area (Å²) in [5.41, 5.74) is -0.542. The summed E-state index contributed by atoms with van der Waals surface area (Å²) in [5.74, 6) is -1.24. The molecule has 1 aromatic carbocycles. The van der Waals surface area contributed by atoms with Gasteiger partial charge in [-0.3, -0.25) is 0 Å². The zero-order chi connectivity index (χ0) is 14.3. The molecule has 2 N–H and O–H groups in total. The van der Waals surface area contributed by atoms with Crippen LogP contribution >= 0.6 is 0 Å². The van der Waals surface area contributed by atoms with Crippen LogP contribution in [-0.4, -0.2) is 37.5 Å². The van der Waals surface area contributed by atoms with E-state index in [-0.39, 0.29) is 6.42 Å². The van der Waals surface area contributed by atoms with E-state index in [0.717, 1.165) is 6.07 Å². The minimum atomic E-state index is -1.000. The zero-order valence-electron chi connectivity index (χ0n) is 11.4. The first-order valence-electron chi connectivity index (χ1n) is 6.30. The lowest BCUT2D eigenvalue weighted by Gasteiger charge is -2.23. The van der Waals surface area contributed by atoms with E-state index in [1.807, 2.05) is 0 Å². The fourth-order valence-electron chi connectivity index (χ4n) is 1.90. The second kappa shape index (κ2) is 7.53. The number of benzene rings is 1. The van der Waals surface area contributed by atoms with Crippen molar-refractivity contribution in [3.63, 3.8) is 0 Å². The van der Waals surface area contributed by atoms with Crippen LogP contribution in [0.5, 0.6) is 0 Å². The van der Waals surface area contributed by atoms with Crippen molar-refractivity contribution in [1.82, 2.24) is 5.32 Å². The van der Waals surface area contributed by atoms with Crippen molar-refractivity contribution < 1.29 is 18.6 Å². The molecular weight excluding hydrogens is 252 g/mol. The van der Waals surface area contributed by atoms with Gasteiger partial charge in [0.1, 0.15) is 11.6 Å². The van der Waals surface area contributed by atoms with Crippen LogP contribution in [0.25, 0.3) is 0 Å². The second-order valence-electron chi connectivity index (χ2n) is 4.94. The van der Waals surface area contributed by atoms with Crippen LogP contribution < -0.4 is 5.32 Å². The standard InChI is InChI=1S/C14H21F2NO2/c1-14(18,3-4-17-5-6-19-2)10-11-7-12(15)9-13(16)8-11/h7-9,17-18H,3-6,10H2,1-2H3. The Hall–Kier alpha value is -1.04. The third-order valence-electron chi connectivity index (χ3n) is 2.83. The summed E-state index contributed by atoms with van der Waals surface area (Å²) in [5, 5.41) is 13.3. The van der Waals surface area contributed by atoms with Crippen molar-refractivity contribution in [3.05, 3.63) is 35.4 Å². The second-order valence-corrected chi connectivity index (χ2v) is 4.94. The molecule has 0 amide bonds. The minimum Gasteiger partial charge on any atom is -0.390 e. The molecule has 0 saturated carbocycles. The highest BCUT2D eigenvalue weighted by atomic mass is 19.1. The molecule has 0 radical (unpaired) electrons. The highest BCUT2D eigenvalue weighted by Crippen LogP contribution is 2.18. The molecule has 0 aliphatic heterocycles. The normalized spacial score (nSPS) is 14.4. The molecule has 0 spiro atoms. The van der Waals surface area contributed by atoms with Gasteiger partial charge in [-0.05, 0) is 37.6 Å². The van der Waals surface area contributed by atoms with Crippen LogP contribution in [0.15, 0.2) is 18.2 Å². The van der Waals surface area contributed by atoms with Gasteiger partial charge >= 0.3 is 0 Å². The Balaban J connectivity index is 2.44. The molecule has 0 bridgehead atoms. The maximum atomic E-state index is 13.0. The Morgan fingerprint density at radius 1 is 1.21 bits per heavy atom. The average Bonchev–Trinajstić information content (AvgIpc) is 2.26. The molecule has 0 aliphatic rings. The Morgan fingerprint density at radius 2 is 1.84 bits per heavy atom. The number of ether oxygens (including phenoxy) is 1. The van der Waals surface area contributed by atoms with Gasteiger partial charge in [-0.25, -0.2) is 8.78 Å². The predicted molar refractivity (Wildman–Crippen MR) is 70.0 cm³/mol. The molecule has 1 aromatic rings. The van der Waals surface area contributed by atoms with Gasteiger partial charge in [0.25, 0.3) is 0 Å². The van der Waals surface area contributed by atoms with E-state index in [4.69, 9.17) is 4.74 Å². The highest BCUT2D eigenvalue weighted by Gasteiger charge is 2.21. The van der Waals surface area contributed by atoms with Gasteiger partial charge in [-0.15, -0.1) is 0 Å². The van der Waals surface area contributed by atoms with Crippen LogP contribution in [0.3, 0.4) is 0 Å². The van der Waals surface area contributed by atoms with Crippen LogP contribution in [0.4, 0.5) is 8.78 Å². The molecule has 0 aromatic heterocycles. The fourth-order valence-corrected chi connectivity index (χ4v) is 1.90. The third kappa shape index (κ3) is 6.61. The highest BCUT2D eigenvalue weighted by molar-refractivity contribution is 5.19. The van der Waals surface area contributed by atoms with E-state index < -0.39 is 17.2 Å². The summed E-state index contributed by atoms with van der Waals surface area (Å²) in [7, 11) is 1.62. The first-order chi connectivity index (χ1) is 8.93. The molecule has 19 heavy (non-hydrogen) atoms. The molecule has 1 rings (SSSR count). The van der Waals surface area contributed by atoms with Crippen molar-refractivity contribution >= 4 is 0 Å². The molecule has 1 atom stereocenters. The third-order valence-corrected chi connectivity index (χ3v) is 2.83. The van der Waals surface area contributed by atoms with E-state index in [1.165, 1.54) is 12.1 Å². The monoisotopic (exact) mass is 273 g/mol. The topological polar surface area (TPSA) is 41.5 Å². The first-order valence-corrected chi connectivity index (χ1v) is 6.30. The van der Waals surface area contributed by atoms with Gasteiger partial charge in [0.05, 0.1) is 12.2 Å². The lowest BCUT2D eigenvalue weighted by atomic mass is 9.93. The van der Waals surface area contributed by atoms with E-state index in [9.17, 15) is 13.9 Å². The molecule has 0 heterocycles. The maximum absolute atomic E-state index is 13.0. The average molecular weight is 273 g/mol. The Bertz CT molecular complexity index is 377. The summed E-state index contributed by atoms with van der Waals surface area (Å²) < 4.78 is 31.0. The summed E-state index contributed by atoms with van der Waals surface area (Å²) in [6.45, 7) is 3.60. The van der Waals surface area contributed by atoms with Gasteiger partial charge in [0.15, 0.2) is 0 Å². The number of rotatable bonds is 8. The Kier molecular flexibility index (Phi) is 6.34. The van der Waals surface area contributed by atoms with Crippen LogP contribution in [0, 0.1) is 11.6 Å². The van der Waals surface area contributed by atoms with Gasteiger partial charge in [0.2, 0.25) is 0 Å². The summed E-state index contributed by atoms with van der Waals surface area (Å²) in [6.07, 6.45) is 0.711. The van der Waals surface area contributed by atoms with Crippen molar-refractivity contribution in [2.24, 2.45) is 0 Å². The Morgan fingerprint density at radius 3 is 2.42 bits per heavy atom. The Labute approximate surface area is 112 Å². The fraction of sp³-hybridized carbons (Fsp3) is 0.571. The molecule has 0 fully saturated rings. The number of hydrogen-bond donors (Lipinski definition) is 2. The van der Waals surface area contributed by atoms with E-state index >= 15 is 0 Å². The molecule has 108 valence electrons. The number of methoxy groups -OCH3 is 1. The maximum Gasteiger partial charge on any atom is 0.126 e.